The predicted octanol–water partition coefficient (Wildman–Crippen LogP) is 1.94. The van der Waals surface area contributed by atoms with E-state index in [4.69, 9.17) is 10.5 Å². The summed E-state index contributed by atoms with van der Waals surface area (Å²) in [6, 6.07) is 8.27. The lowest BCUT2D eigenvalue weighted by Crippen LogP contribution is -2.20. The number of aromatic nitrogens is 2. The van der Waals surface area contributed by atoms with Gasteiger partial charge in [-0.1, -0.05) is 18.2 Å². The van der Waals surface area contributed by atoms with Crippen LogP contribution < -0.4 is 15.8 Å². The van der Waals surface area contributed by atoms with Gasteiger partial charge < -0.3 is 15.8 Å². The lowest BCUT2D eigenvalue weighted by molar-refractivity contribution is 0.274. The fourth-order valence-corrected chi connectivity index (χ4v) is 2.28. The third-order valence-corrected chi connectivity index (χ3v) is 3.13. The summed E-state index contributed by atoms with van der Waals surface area (Å²) in [5.41, 5.74) is 7.73. The van der Waals surface area contributed by atoms with Crippen LogP contribution in [-0.4, -0.2) is 16.4 Å². The van der Waals surface area contributed by atoms with Crippen molar-refractivity contribution < 1.29 is 4.74 Å². The Morgan fingerprint density at radius 1 is 1.44 bits per heavy atom. The van der Waals surface area contributed by atoms with Crippen molar-refractivity contribution in [1.29, 1.82) is 0 Å². The van der Waals surface area contributed by atoms with E-state index in [-0.39, 0.29) is 6.04 Å². The Kier molecular flexibility index (Phi) is 2.59. The number of nitrogens with two attached hydrogens (primary N) is 1. The Balaban J connectivity index is 1.88. The molecule has 0 radical (unpaired) electrons. The molecule has 3 N–H and O–H groups in total. The number of benzene rings is 1. The van der Waals surface area contributed by atoms with Gasteiger partial charge in [0.25, 0.3) is 0 Å². The van der Waals surface area contributed by atoms with E-state index in [2.05, 4.69) is 16.5 Å². The zero-order valence-corrected chi connectivity index (χ0v) is 10.3. The second-order valence-corrected chi connectivity index (χ2v) is 4.48. The lowest BCUT2D eigenvalue weighted by Gasteiger charge is -2.26. The van der Waals surface area contributed by atoms with E-state index in [9.17, 15) is 0 Å². The van der Waals surface area contributed by atoms with Gasteiger partial charge in [-0.2, -0.15) is 5.10 Å². The fraction of sp³-hybridized carbons (Fsp3) is 0.308. The van der Waals surface area contributed by atoms with Crippen molar-refractivity contribution >= 4 is 11.5 Å². The molecule has 0 aliphatic carbocycles. The molecule has 0 saturated heterocycles. The average molecular weight is 244 g/mol. The molecular weight excluding hydrogens is 228 g/mol. The molecule has 0 amide bonds. The summed E-state index contributed by atoms with van der Waals surface area (Å²) in [5.74, 6) is 1.68. The zero-order chi connectivity index (χ0) is 12.5. The van der Waals surface area contributed by atoms with Gasteiger partial charge in [-0.25, -0.2) is 0 Å². The number of ether oxygens (including phenoxy) is 1. The molecule has 0 bridgehead atoms. The zero-order valence-electron chi connectivity index (χ0n) is 10.3. The Labute approximate surface area is 106 Å². The Bertz CT molecular complexity index is 564. The van der Waals surface area contributed by atoms with Gasteiger partial charge in [0.1, 0.15) is 5.75 Å². The summed E-state index contributed by atoms with van der Waals surface area (Å²) in [7, 11) is 1.86. The minimum atomic E-state index is 0.201. The largest absolute Gasteiger partial charge is 0.493 e. The van der Waals surface area contributed by atoms with Crippen molar-refractivity contribution in [3.8, 4) is 5.75 Å². The number of aryl methyl sites for hydroxylation is 1. The first kappa shape index (κ1) is 11.0. The van der Waals surface area contributed by atoms with Gasteiger partial charge in [-0.15, -0.1) is 0 Å². The number of nitrogens with one attached hydrogen (secondary N) is 1. The summed E-state index contributed by atoms with van der Waals surface area (Å²) in [4.78, 5) is 0. The van der Waals surface area contributed by atoms with Crippen LogP contribution in [0.5, 0.6) is 5.75 Å². The third kappa shape index (κ3) is 1.88. The van der Waals surface area contributed by atoms with E-state index >= 15 is 0 Å². The number of anilines is 2. The fourth-order valence-electron chi connectivity index (χ4n) is 2.28. The van der Waals surface area contributed by atoms with E-state index in [1.807, 2.05) is 25.2 Å². The maximum atomic E-state index is 5.90. The van der Waals surface area contributed by atoms with Gasteiger partial charge in [0.15, 0.2) is 5.82 Å². The Morgan fingerprint density at radius 2 is 2.28 bits per heavy atom. The summed E-state index contributed by atoms with van der Waals surface area (Å²) in [5, 5.41) is 7.71. The van der Waals surface area contributed by atoms with Crippen molar-refractivity contribution in [3.63, 3.8) is 0 Å². The van der Waals surface area contributed by atoms with Crippen LogP contribution in [0, 0.1) is 0 Å². The molecule has 2 heterocycles. The SMILES string of the molecule is Cn1cc(N)c(NC2CCOc3ccccc32)n1. The van der Waals surface area contributed by atoms with Crippen LogP contribution in [-0.2, 0) is 7.05 Å². The minimum Gasteiger partial charge on any atom is -0.493 e. The van der Waals surface area contributed by atoms with Gasteiger partial charge in [0, 0.05) is 25.2 Å². The quantitative estimate of drug-likeness (QED) is 0.847. The molecule has 5 heteroatoms. The van der Waals surface area contributed by atoms with Gasteiger partial charge in [-0.05, 0) is 6.07 Å². The van der Waals surface area contributed by atoms with E-state index in [0.29, 0.717) is 12.3 Å². The molecule has 1 aromatic heterocycles. The average Bonchev–Trinajstić information content (AvgIpc) is 2.68. The summed E-state index contributed by atoms with van der Waals surface area (Å²) in [6.07, 6.45) is 2.71. The standard InChI is InChI=1S/C13H16N4O/c1-17-8-10(14)13(16-17)15-11-6-7-18-12-5-3-2-4-9(11)12/h2-5,8,11H,6-7,14H2,1H3,(H,15,16). The molecule has 1 aliphatic rings. The van der Waals surface area contributed by atoms with E-state index in [1.54, 1.807) is 10.9 Å². The Morgan fingerprint density at radius 3 is 3.06 bits per heavy atom. The first-order valence-corrected chi connectivity index (χ1v) is 6.01. The highest BCUT2D eigenvalue weighted by molar-refractivity contribution is 5.61. The van der Waals surface area contributed by atoms with Crippen molar-refractivity contribution in [2.45, 2.75) is 12.5 Å². The number of hydrogen-bond acceptors (Lipinski definition) is 4. The first-order valence-electron chi connectivity index (χ1n) is 6.01. The molecule has 3 rings (SSSR count). The highest BCUT2D eigenvalue weighted by atomic mass is 16.5. The maximum absolute atomic E-state index is 5.90. The molecule has 1 aromatic carbocycles. The van der Waals surface area contributed by atoms with E-state index in [1.165, 1.54) is 0 Å². The highest BCUT2D eigenvalue weighted by Crippen LogP contribution is 2.34. The number of nitrogen functional groups attached to an aromatic ring is 1. The normalized spacial score (nSPS) is 17.9. The van der Waals surface area contributed by atoms with Gasteiger partial charge in [0.2, 0.25) is 0 Å². The smallest absolute Gasteiger partial charge is 0.171 e. The molecule has 0 fully saturated rings. The van der Waals surface area contributed by atoms with Crippen LogP contribution in [0.25, 0.3) is 0 Å². The molecule has 1 unspecified atom stereocenters. The van der Waals surface area contributed by atoms with Crippen LogP contribution in [0.15, 0.2) is 30.5 Å². The number of para-hydroxylation sites is 1. The number of hydrogen-bond donors (Lipinski definition) is 2. The summed E-state index contributed by atoms with van der Waals surface area (Å²) < 4.78 is 7.34. The molecule has 5 nitrogen and oxygen atoms in total. The third-order valence-electron chi connectivity index (χ3n) is 3.13. The number of nitrogens with zero attached hydrogens (tertiary/aromatic N) is 2. The lowest BCUT2D eigenvalue weighted by atomic mass is 10.0. The number of fused-ring (bicyclic) bond motifs is 1. The summed E-state index contributed by atoms with van der Waals surface area (Å²) >= 11 is 0. The van der Waals surface area contributed by atoms with Crippen LogP contribution in [0.3, 0.4) is 0 Å². The van der Waals surface area contributed by atoms with Gasteiger partial charge in [-0.3, -0.25) is 4.68 Å². The van der Waals surface area contributed by atoms with Crippen LogP contribution in [0.4, 0.5) is 11.5 Å². The maximum Gasteiger partial charge on any atom is 0.171 e. The minimum absolute atomic E-state index is 0.201. The first-order chi connectivity index (χ1) is 8.74. The highest BCUT2D eigenvalue weighted by Gasteiger charge is 2.22. The van der Waals surface area contributed by atoms with Gasteiger partial charge in [0.05, 0.1) is 18.3 Å². The van der Waals surface area contributed by atoms with Crippen LogP contribution >= 0.6 is 0 Å². The van der Waals surface area contributed by atoms with Crippen molar-refractivity contribution in [1.82, 2.24) is 9.78 Å². The van der Waals surface area contributed by atoms with Crippen LogP contribution in [0.2, 0.25) is 0 Å². The van der Waals surface area contributed by atoms with E-state index < -0.39 is 0 Å². The molecular formula is C13H16N4O. The second kappa shape index (κ2) is 4.25. The van der Waals surface area contributed by atoms with Crippen molar-refractivity contribution in [3.05, 3.63) is 36.0 Å². The molecule has 2 aromatic rings. The van der Waals surface area contributed by atoms with Crippen molar-refractivity contribution in [2.24, 2.45) is 7.05 Å². The monoisotopic (exact) mass is 244 g/mol. The van der Waals surface area contributed by atoms with Crippen molar-refractivity contribution in [2.75, 3.05) is 17.7 Å². The molecule has 0 spiro atoms. The molecule has 1 atom stereocenters. The van der Waals surface area contributed by atoms with Crippen LogP contribution in [0.1, 0.15) is 18.0 Å². The second-order valence-electron chi connectivity index (χ2n) is 4.48. The Hall–Kier alpha value is -2.17. The summed E-state index contributed by atoms with van der Waals surface area (Å²) in [6.45, 7) is 0.710. The number of rotatable bonds is 2. The van der Waals surface area contributed by atoms with E-state index in [0.717, 1.165) is 23.6 Å². The molecule has 18 heavy (non-hydrogen) atoms. The topological polar surface area (TPSA) is 65.1 Å². The van der Waals surface area contributed by atoms with Gasteiger partial charge >= 0.3 is 0 Å². The molecule has 94 valence electrons. The predicted molar refractivity (Wildman–Crippen MR) is 70.5 cm³/mol. The molecule has 0 saturated carbocycles. The molecule has 1 aliphatic heterocycles.